The van der Waals surface area contributed by atoms with Gasteiger partial charge in [0, 0.05) is 18.4 Å². The Bertz CT molecular complexity index is 868. The summed E-state index contributed by atoms with van der Waals surface area (Å²) in [7, 11) is 0. The fourth-order valence-corrected chi connectivity index (χ4v) is 3.67. The normalized spacial score (nSPS) is 10.7. The fraction of sp³-hybridized carbons (Fsp3) is 0.381. The van der Waals surface area contributed by atoms with Crippen molar-refractivity contribution in [3.63, 3.8) is 0 Å². The minimum absolute atomic E-state index is 0. The molecule has 1 aromatic carbocycles. The molecule has 0 aliphatic carbocycles. The number of fused-ring (bicyclic) bond motifs is 1. The van der Waals surface area contributed by atoms with Crippen LogP contribution in [0.3, 0.4) is 0 Å². The highest BCUT2D eigenvalue weighted by Gasteiger charge is 2.23. The number of rotatable bonds is 10. The van der Waals surface area contributed by atoms with E-state index >= 15 is 0 Å². The van der Waals surface area contributed by atoms with Crippen LogP contribution in [0.5, 0.6) is 5.06 Å². The quantitative estimate of drug-likeness (QED) is 0.309. The summed E-state index contributed by atoms with van der Waals surface area (Å²) in [5, 5.41) is 1.62. The third-order valence-electron chi connectivity index (χ3n) is 4.13. The van der Waals surface area contributed by atoms with Crippen molar-refractivity contribution in [2.75, 3.05) is 19.8 Å². The Morgan fingerprint density at radius 1 is 1.11 bits per heavy atom. The maximum atomic E-state index is 13.2. The first kappa shape index (κ1) is 21.5. The van der Waals surface area contributed by atoms with Crippen molar-refractivity contribution in [2.45, 2.75) is 33.1 Å². The van der Waals surface area contributed by atoms with Gasteiger partial charge in [-0.1, -0.05) is 42.9 Å². The molecule has 146 valence electrons. The van der Waals surface area contributed by atoms with E-state index in [1.165, 1.54) is 11.3 Å². The van der Waals surface area contributed by atoms with Crippen LogP contribution in [-0.4, -0.2) is 25.6 Å². The number of furan rings is 1. The van der Waals surface area contributed by atoms with Gasteiger partial charge >= 0.3 is 0 Å². The average molecular weight is 409 g/mol. The van der Waals surface area contributed by atoms with Gasteiger partial charge in [-0.25, -0.2) is 0 Å². The van der Waals surface area contributed by atoms with Crippen LogP contribution in [0.1, 0.15) is 47.7 Å². The Hall–Kier alpha value is -1.82. The summed E-state index contributed by atoms with van der Waals surface area (Å²) in [6, 6.07) is 11.4. The molecule has 3 rings (SSSR count). The lowest BCUT2D eigenvalue weighted by Crippen LogP contribution is -2.05. The lowest BCUT2D eigenvalue weighted by molar-refractivity contribution is 0.104. The summed E-state index contributed by atoms with van der Waals surface area (Å²) in [5.74, 6) is 0.788. The van der Waals surface area contributed by atoms with E-state index in [-0.39, 0.29) is 18.2 Å². The molecule has 0 fully saturated rings. The number of para-hydroxylation sites is 1. The molecule has 0 saturated carbocycles. The lowest BCUT2D eigenvalue weighted by Gasteiger charge is -2.03. The predicted molar refractivity (Wildman–Crippen MR) is 112 cm³/mol. The number of benzene rings is 1. The van der Waals surface area contributed by atoms with E-state index in [9.17, 15) is 4.79 Å². The van der Waals surface area contributed by atoms with Gasteiger partial charge in [0.15, 0.2) is 5.06 Å². The van der Waals surface area contributed by atoms with Gasteiger partial charge < -0.3 is 13.9 Å². The van der Waals surface area contributed by atoms with Crippen LogP contribution in [0.15, 0.2) is 40.8 Å². The van der Waals surface area contributed by atoms with Crippen LogP contribution >= 0.6 is 23.7 Å². The van der Waals surface area contributed by atoms with Crippen molar-refractivity contribution < 1.29 is 18.7 Å². The molecule has 2 aromatic heterocycles. The average Bonchev–Trinajstić information content (AvgIpc) is 3.27. The van der Waals surface area contributed by atoms with Crippen molar-refractivity contribution in [2.24, 2.45) is 0 Å². The van der Waals surface area contributed by atoms with Crippen molar-refractivity contribution in [1.29, 1.82) is 0 Å². The van der Waals surface area contributed by atoms with Gasteiger partial charge in [-0.05, 0) is 31.5 Å². The molecule has 27 heavy (non-hydrogen) atoms. The molecular formula is C21H25ClO4S. The van der Waals surface area contributed by atoms with E-state index in [0.29, 0.717) is 30.3 Å². The van der Waals surface area contributed by atoms with Crippen LogP contribution in [0.2, 0.25) is 0 Å². The van der Waals surface area contributed by atoms with Gasteiger partial charge in [0.2, 0.25) is 5.78 Å². The first-order chi connectivity index (χ1) is 12.7. The molecule has 0 radical (unpaired) electrons. The van der Waals surface area contributed by atoms with Crippen molar-refractivity contribution in [3.8, 4) is 5.06 Å². The maximum absolute atomic E-state index is 13.2. The van der Waals surface area contributed by atoms with Gasteiger partial charge in [-0.2, -0.15) is 0 Å². The van der Waals surface area contributed by atoms with E-state index in [4.69, 9.17) is 13.9 Å². The first-order valence-corrected chi connectivity index (χ1v) is 9.91. The highest BCUT2D eigenvalue weighted by Crippen LogP contribution is 2.33. The summed E-state index contributed by atoms with van der Waals surface area (Å²) < 4.78 is 16.9. The molecule has 3 aromatic rings. The largest absolute Gasteiger partial charge is 0.482 e. The molecule has 4 nitrogen and oxygen atoms in total. The Morgan fingerprint density at radius 2 is 1.93 bits per heavy atom. The van der Waals surface area contributed by atoms with E-state index in [1.54, 1.807) is 0 Å². The molecule has 0 N–H and O–H groups in total. The van der Waals surface area contributed by atoms with Crippen LogP contribution in [0.4, 0.5) is 0 Å². The summed E-state index contributed by atoms with van der Waals surface area (Å²) in [6.45, 7) is 5.79. The van der Waals surface area contributed by atoms with Crippen molar-refractivity contribution >= 4 is 40.5 Å². The van der Waals surface area contributed by atoms with Gasteiger partial charge in [0.1, 0.15) is 18.0 Å². The fourth-order valence-electron chi connectivity index (χ4n) is 2.85. The van der Waals surface area contributed by atoms with Crippen LogP contribution in [-0.2, 0) is 11.2 Å². The molecule has 0 aliphatic rings. The van der Waals surface area contributed by atoms with Gasteiger partial charge in [0.25, 0.3) is 0 Å². The maximum Gasteiger partial charge on any atom is 0.207 e. The molecule has 6 heteroatoms. The number of carbonyl (C=O) groups is 1. The number of ketones is 1. The molecule has 2 heterocycles. The smallest absolute Gasteiger partial charge is 0.207 e. The van der Waals surface area contributed by atoms with Gasteiger partial charge in [-0.3, -0.25) is 4.79 Å². The molecule has 0 spiro atoms. The monoisotopic (exact) mass is 408 g/mol. The standard InChI is InChI=1S/C21H24O4S.ClH/c1-3-5-9-17-20(15-8-6-7-10-16(15)25-17)21(22)18-11-12-19(26-18)24-14-13-23-4-2;/h6-8,10-12H,3-5,9,13-14H2,1-2H3;1H. The van der Waals surface area contributed by atoms with Gasteiger partial charge in [-0.15, -0.1) is 12.4 Å². The number of aryl methyl sites for hydroxylation is 1. The molecule has 0 saturated heterocycles. The van der Waals surface area contributed by atoms with Crippen LogP contribution in [0, 0.1) is 0 Å². The highest BCUT2D eigenvalue weighted by molar-refractivity contribution is 7.16. The van der Waals surface area contributed by atoms with Crippen molar-refractivity contribution in [3.05, 3.63) is 52.6 Å². The summed E-state index contributed by atoms with van der Waals surface area (Å²) in [4.78, 5) is 13.8. The number of unbranched alkanes of at least 4 members (excludes halogenated alkanes) is 1. The Labute approximate surface area is 169 Å². The molecule has 0 unspecified atom stereocenters. The minimum atomic E-state index is 0. The van der Waals surface area contributed by atoms with Crippen LogP contribution < -0.4 is 4.74 Å². The zero-order valence-electron chi connectivity index (χ0n) is 15.7. The molecule has 0 amide bonds. The van der Waals surface area contributed by atoms with Gasteiger partial charge in [0.05, 0.1) is 17.0 Å². The molecular weight excluding hydrogens is 384 g/mol. The highest BCUT2D eigenvalue weighted by atomic mass is 35.5. The Kier molecular flexibility index (Phi) is 8.35. The number of hydrogen-bond acceptors (Lipinski definition) is 5. The Morgan fingerprint density at radius 3 is 2.70 bits per heavy atom. The van der Waals surface area contributed by atoms with E-state index < -0.39 is 0 Å². The molecule has 0 atom stereocenters. The topological polar surface area (TPSA) is 48.7 Å². The first-order valence-electron chi connectivity index (χ1n) is 9.10. The number of carbonyl (C=O) groups excluding carboxylic acids is 1. The van der Waals surface area contributed by atoms with E-state index in [2.05, 4.69) is 6.92 Å². The predicted octanol–water partition coefficient (Wildman–Crippen LogP) is 5.91. The third kappa shape index (κ3) is 5.12. The number of ether oxygens (including phenoxy) is 2. The summed E-state index contributed by atoms with van der Waals surface area (Å²) >= 11 is 1.37. The zero-order valence-corrected chi connectivity index (χ0v) is 17.3. The van der Waals surface area contributed by atoms with E-state index in [0.717, 1.165) is 41.1 Å². The summed E-state index contributed by atoms with van der Waals surface area (Å²) in [5.41, 5.74) is 1.46. The second-order valence-electron chi connectivity index (χ2n) is 5.99. The van der Waals surface area contributed by atoms with Crippen LogP contribution in [0.25, 0.3) is 11.0 Å². The third-order valence-corrected chi connectivity index (χ3v) is 5.13. The minimum Gasteiger partial charge on any atom is -0.482 e. The molecule has 0 bridgehead atoms. The second kappa shape index (κ2) is 10.5. The number of hydrogen-bond donors (Lipinski definition) is 0. The SMILES string of the molecule is CCCCc1oc2ccccc2c1C(=O)c1ccc(OCCOCC)s1.Cl. The van der Waals surface area contributed by atoms with Crippen molar-refractivity contribution in [1.82, 2.24) is 0 Å². The zero-order chi connectivity index (χ0) is 18.4. The summed E-state index contributed by atoms with van der Waals surface area (Å²) in [6.07, 6.45) is 2.83. The lowest BCUT2D eigenvalue weighted by atomic mass is 10.0. The second-order valence-corrected chi connectivity index (χ2v) is 7.04. The van der Waals surface area contributed by atoms with E-state index in [1.807, 2.05) is 43.3 Å². The molecule has 0 aliphatic heterocycles. The Balaban J connectivity index is 0.00000261. The number of halogens is 1. The number of thiophene rings is 1.